The average molecular weight is 438 g/mol. The number of hydrogen-bond donors (Lipinski definition) is 1. The summed E-state index contributed by atoms with van der Waals surface area (Å²) in [7, 11) is 0. The molecule has 1 fully saturated rings. The molecule has 3 aliphatic rings. The van der Waals surface area contributed by atoms with E-state index in [4.69, 9.17) is 16.3 Å². The van der Waals surface area contributed by atoms with Gasteiger partial charge in [-0.3, -0.25) is 0 Å². The highest BCUT2D eigenvalue weighted by molar-refractivity contribution is 6.30. The van der Waals surface area contributed by atoms with Gasteiger partial charge < -0.3 is 14.7 Å². The molecule has 1 aliphatic heterocycles. The number of fused-ring (bicyclic) bond motifs is 3. The summed E-state index contributed by atoms with van der Waals surface area (Å²) in [5.74, 6) is 0.940. The zero-order valence-electron chi connectivity index (χ0n) is 17.6. The van der Waals surface area contributed by atoms with Crippen molar-refractivity contribution in [2.24, 2.45) is 11.8 Å². The molecule has 1 spiro atoms. The first-order chi connectivity index (χ1) is 15.0. The molecule has 2 aromatic carbocycles. The highest BCUT2D eigenvalue weighted by Gasteiger charge is 2.43. The maximum absolute atomic E-state index is 11.7. The van der Waals surface area contributed by atoms with Crippen LogP contribution in [0.2, 0.25) is 5.02 Å². The van der Waals surface area contributed by atoms with Gasteiger partial charge in [-0.2, -0.15) is 0 Å². The fraction of sp³-hybridized carbons (Fsp3) is 0.423. The summed E-state index contributed by atoms with van der Waals surface area (Å²) >= 11 is 6.31. The molecule has 1 N–H and O–H groups in total. The molecule has 1 heterocycles. The second-order valence-corrected chi connectivity index (χ2v) is 9.77. The molecule has 3 atom stereocenters. The van der Waals surface area contributed by atoms with Crippen molar-refractivity contribution in [3.8, 4) is 5.75 Å². The van der Waals surface area contributed by atoms with E-state index in [1.165, 1.54) is 24.0 Å². The van der Waals surface area contributed by atoms with Gasteiger partial charge in [-0.15, -0.1) is 6.58 Å². The van der Waals surface area contributed by atoms with Gasteiger partial charge in [-0.05, 0) is 85.4 Å². The van der Waals surface area contributed by atoms with Gasteiger partial charge >= 0.3 is 5.97 Å². The summed E-state index contributed by atoms with van der Waals surface area (Å²) in [6, 6.07) is 11.5. The fourth-order valence-corrected chi connectivity index (χ4v) is 5.86. The van der Waals surface area contributed by atoms with Crippen LogP contribution in [0.5, 0.6) is 5.75 Å². The zero-order chi connectivity index (χ0) is 21.6. The van der Waals surface area contributed by atoms with Crippen LogP contribution >= 0.6 is 11.6 Å². The summed E-state index contributed by atoms with van der Waals surface area (Å²) in [6.45, 7) is 6.31. The molecule has 2 aliphatic carbocycles. The van der Waals surface area contributed by atoms with Crippen LogP contribution in [-0.4, -0.2) is 30.8 Å². The Morgan fingerprint density at radius 3 is 2.90 bits per heavy atom. The van der Waals surface area contributed by atoms with Gasteiger partial charge in [0.25, 0.3) is 0 Å². The molecule has 0 radical (unpaired) electrons. The lowest BCUT2D eigenvalue weighted by Gasteiger charge is -2.44. The predicted octanol–water partition coefficient (Wildman–Crippen LogP) is 5.72. The number of ether oxygens (including phenoxy) is 1. The van der Waals surface area contributed by atoms with Crippen molar-refractivity contribution in [1.82, 2.24) is 0 Å². The summed E-state index contributed by atoms with van der Waals surface area (Å²) in [4.78, 5) is 14.1. The maximum Gasteiger partial charge on any atom is 0.335 e. The van der Waals surface area contributed by atoms with Crippen molar-refractivity contribution in [3.63, 3.8) is 0 Å². The number of benzene rings is 2. The number of carboxylic acids is 1. The monoisotopic (exact) mass is 437 g/mol. The minimum absolute atomic E-state index is 0.131. The van der Waals surface area contributed by atoms with E-state index in [1.807, 2.05) is 12.1 Å². The summed E-state index contributed by atoms with van der Waals surface area (Å²) in [6.07, 6.45) is 7.63. The molecular weight excluding hydrogens is 410 g/mol. The minimum Gasteiger partial charge on any atom is -0.490 e. The Labute approximate surface area is 188 Å². The second-order valence-electron chi connectivity index (χ2n) is 9.33. The molecule has 5 rings (SSSR count). The highest BCUT2D eigenvalue weighted by atomic mass is 35.5. The van der Waals surface area contributed by atoms with E-state index in [0.717, 1.165) is 48.8 Å². The van der Waals surface area contributed by atoms with Crippen LogP contribution in [0.3, 0.4) is 0 Å². The van der Waals surface area contributed by atoms with E-state index in [9.17, 15) is 9.90 Å². The molecule has 0 amide bonds. The molecular formula is C26H28ClNO3. The third-order valence-electron chi connectivity index (χ3n) is 7.52. The maximum atomic E-state index is 11.7. The van der Waals surface area contributed by atoms with E-state index in [2.05, 4.69) is 29.7 Å². The number of aromatic carboxylic acids is 1. The van der Waals surface area contributed by atoms with Crippen molar-refractivity contribution >= 4 is 23.3 Å². The van der Waals surface area contributed by atoms with Gasteiger partial charge in [-0.25, -0.2) is 4.79 Å². The minimum atomic E-state index is -0.910. The van der Waals surface area contributed by atoms with Gasteiger partial charge in [0.1, 0.15) is 5.75 Å². The van der Waals surface area contributed by atoms with E-state index >= 15 is 0 Å². The standard InChI is InChI=1S/C26H28ClNO3/c1-2-17-5-6-20(17)14-28-15-26(11-3-4-18-12-21(27)8-9-22(18)26)16-31-24-10-7-19(25(29)30)13-23(24)28/h2,7-10,12-13,17,20H,1,3-6,11,14-16H2,(H,29,30)/t17-,20+,26+/m1/s1. The summed E-state index contributed by atoms with van der Waals surface area (Å²) < 4.78 is 6.39. The molecule has 0 saturated heterocycles. The van der Waals surface area contributed by atoms with Crippen LogP contribution in [0.1, 0.15) is 47.2 Å². The van der Waals surface area contributed by atoms with Crippen molar-refractivity contribution in [1.29, 1.82) is 0 Å². The van der Waals surface area contributed by atoms with Crippen LogP contribution in [-0.2, 0) is 11.8 Å². The van der Waals surface area contributed by atoms with Crippen molar-refractivity contribution in [2.45, 2.75) is 37.5 Å². The van der Waals surface area contributed by atoms with Crippen LogP contribution in [0, 0.1) is 11.8 Å². The Morgan fingerprint density at radius 1 is 1.29 bits per heavy atom. The van der Waals surface area contributed by atoms with Gasteiger partial charge in [0.05, 0.1) is 17.9 Å². The van der Waals surface area contributed by atoms with E-state index in [1.54, 1.807) is 12.1 Å². The lowest BCUT2D eigenvalue weighted by molar-refractivity contribution is 0.0697. The number of anilines is 1. The lowest BCUT2D eigenvalue weighted by atomic mass is 9.69. The number of carboxylic acid groups (broad SMARTS) is 1. The third kappa shape index (κ3) is 3.61. The second kappa shape index (κ2) is 7.90. The van der Waals surface area contributed by atoms with Crippen molar-refractivity contribution in [3.05, 3.63) is 70.8 Å². The van der Waals surface area contributed by atoms with Gasteiger partial charge in [0, 0.05) is 23.5 Å². The Balaban J connectivity index is 1.57. The Kier molecular flexibility index (Phi) is 5.21. The number of rotatable bonds is 4. The molecule has 4 nitrogen and oxygen atoms in total. The topological polar surface area (TPSA) is 49.8 Å². The first-order valence-electron chi connectivity index (χ1n) is 11.2. The number of nitrogens with zero attached hydrogens (tertiary/aromatic N) is 1. The van der Waals surface area contributed by atoms with E-state index < -0.39 is 5.97 Å². The predicted molar refractivity (Wildman–Crippen MR) is 124 cm³/mol. The SMILES string of the molecule is C=C[C@@H]1CC[C@H]1CN1C[C@@]2(CCCc3cc(Cl)ccc32)COc2ccc(C(=O)O)cc21. The summed E-state index contributed by atoms with van der Waals surface area (Å²) in [5.41, 5.74) is 3.70. The fourth-order valence-electron chi connectivity index (χ4n) is 5.66. The highest BCUT2D eigenvalue weighted by Crippen LogP contribution is 2.46. The Hall–Kier alpha value is -2.46. The van der Waals surface area contributed by atoms with Crippen LogP contribution < -0.4 is 9.64 Å². The zero-order valence-corrected chi connectivity index (χ0v) is 18.4. The quantitative estimate of drug-likeness (QED) is 0.621. The van der Waals surface area contributed by atoms with Crippen molar-refractivity contribution < 1.29 is 14.6 Å². The van der Waals surface area contributed by atoms with E-state index in [-0.39, 0.29) is 5.41 Å². The molecule has 2 aromatic rings. The molecule has 162 valence electrons. The molecule has 0 aromatic heterocycles. The number of carbonyl (C=O) groups is 1. The van der Waals surface area contributed by atoms with Crippen LogP contribution in [0.4, 0.5) is 5.69 Å². The van der Waals surface area contributed by atoms with E-state index in [0.29, 0.717) is 24.0 Å². The lowest BCUT2D eigenvalue weighted by Crippen LogP contribution is -2.48. The molecule has 0 bridgehead atoms. The largest absolute Gasteiger partial charge is 0.490 e. The van der Waals surface area contributed by atoms with Gasteiger partial charge in [0.15, 0.2) is 0 Å². The first kappa shape index (κ1) is 20.4. The first-order valence-corrected chi connectivity index (χ1v) is 11.5. The Bertz CT molecular complexity index is 1040. The van der Waals surface area contributed by atoms with Gasteiger partial charge in [-0.1, -0.05) is 23.7 Å². The Morgan fingerprint density at radius 2 is 2.16 bits per heavy atom. The van der Waals surface area contributed by atoms with Crippen LogP contribution in [0.25, 0.3) is 0 Å². The number of aryl methyl sites for hydroxylation is 1. The average Bonchev–Trinajstić information content (AvgIpc) is 2.89. The van der Waals surface area contributed by atoms with Crippen LogP contribution in [0.15, 0.2) is 49.1 Å². The molecule has 5 heteroatoms. The normalized spacial score (nSPS) is 26.8. The van der Waals surface area contributed by atoms with Gasteiger partial charge in [0.2, 0.25) is 0 Å². The smallest absolute Gasteiger partial charge is 0.335 e. The number of allylic oxidation sites excluding steroid dienone is 1. The molecule has 0 unspecified atom stereocenters. The van der Waals surface area contributed by atoms with Crippen molar-refractivity contribution in [2.75, 3.05) is 24.6 Å². The molecule has 1 saturated carbocycles. The third-order valence-corrected chi connectivity index (χ3v) is 7.75. The molecule has 31 heavy (non-hydrogen) atoms. The number of hydrogen-bond acceptors (Lipinski definition) is 3. The number of halogens is 1. The summed E-state index contributed by atoms with van der Waals surface area (Å²) in [5, 5.41) is 10.4.